The van der Waals surface area contributed by atoms with Gasteiger partial charge in [-0.3, -0.25) is 4.79 Å². The van der Waals surface area contributed by atoms with Gasteiger partial charge in [-0.1, -0.05) is 46.3 Å². The van der Waals surface area contributed by atoms with Gasteiger partial charge in [-0.2, -0.15) is 4.31 Å². The quantitative estimate of drug-likeness (QED) is 0.708. The molecule has 0 saturated carbocycles. The van der Waals surface area contributed by atoms with Gasteiger partial charge in [0.25, 0.3) is 0 Å². The molecule has 1 fully saturated rings. The third-order valence-electron chi connectivity index (χ3n) is 5.07. The van der Waals surface area contributed by atoms with E-state index in [0.29, 0.717) is 43.7 Å². The first-order chi connectivity index (χ1) is 13.4. The third-order valence-corrected chi connectivity index (χ3v) is 7.85. The van der Waals surface area contributed by atoms with Crippen molar-refractivity contribution in [2.24, 2.45) is 0 Å². The maximum atomic E-state index is 12.9. The smallest absolute Gasteiger partial charge is 0.243 e. The molecule has 0 aromatic heterocycles. The van der Waals surface area contributed by atoms with E-state index in [2.05, 4.69) is 21.2 Å². The van der Waals surface area contributed by atoms with Gasteiger partial charge in [-0.05, 0) is 55.5 Å². The minimum absolute atomic E-state index is 0.0219. The molecule has 1 heterocycles. The molecule has 0 spiro atoms. The van der Waals surface area contributed by atoms with E-state index in [0.717, 1.165) is 15.6 Å². The number of piperidine rings is 1. The SMILES string of the molecule is Cc1cc(S(=O)(=O)N2CCC(NC(=O)CCc3ccccc3)CC2)ccc1Br. The van der Waals surface area contributed by atoms with Gasteiger partial charge in [0, 0.05) is 30.0 Å². The first-order valence-corrected chi connectivity index (χ1v) is 11.7. The van der Waals surface area contributed by atoms with Gasteiger partial charge in [0.1, 0.15) is 0 Å². The van der Waals surface area contributed by atoms with Crippen LogP contribution in [-0.2, 0) is 21.2 Å². The van der Waals surface area contributed by atoms with Crippen LogP contribution < -0.4 is 5.32 Å². The number of carbonyl (C=O) groups is 1. The molecule has 3 rings (SSSR count). The number of sulfonamides is 1. The molecular weight excluding hydrogens is 440 g/mol. The van der Waals surface area contributed by atoms with Crippen molar-refractivity contribution < 1.29 is 13.2 Å². The van der Waals surface area contributed by atoms with Crippen molar-refractivity contribution in [3.63, 3.8) is 0 Å². The maximum Gasteiger partial charge on any atom is 0.243 e. The van der Waals surface area contributed by atoms with Crippen LogP contribution >= 0.6 is 15.9 Å². The van der Waals surface area contributed by atoms with E-state index in [1.807, 2.05) is 37.3 Å². The molecule has 0 unspecified atom stereocenters. The van der Waals surface area contributed by atoms with Gasteiger partial charge in [0.2, 0.25) is 15.9 Å². The average molecular weight is 465 g/mol. The Balaban J connectivity index is 1.51. The summed E-state index contributed by atoms with van der Waals surface area (Å²) in [7, 11) is -3.50. The summed E-state index contributed by atoms with van der Waals surface area (Å²) < 4.78 is 28.1. The summed E-state index contributed by atoms with van der Waals surface area (Å²) in [5.74, 6) is 0.0219. The molecule has 5 nitrogen and oxygen atoms in total. The molecule has 0 aliphatic carbocycles. The van der Waals surface area contributed by atoms with Crippen LogP contribution in [0.25, 0.3) is 0 Å². The van der Waals surface area contributed by atoms with Crippen molar-refractivity contribution in [2.45, 2.75) is 43.5 Å². The molecule has 1 saturated heterocycles. The van der Waals surface area contributed by atoms with Crippen molar-refractivity contribution in [2.75, 3.05) is 13.1 Å². The van der Waals surface area contributed by atoms with Gasteiger partial charge in [-0.25, -0.2) is 8.42 Å². The van der Waals surface area contributed by atoms with Crippen LogP contribution in [0.4, 0.5) is 0 Å². The highest BCUT2D eigenvalue weighted by molar-refractivity contribution is 9.10. The van der Waals surface area contributed by atoms with E-state index in [1.54, 1.807) is 18.2 Å². The molecule has 1 N–H and O–H groups in total. The summed E-state index contributed by atoms with van der Waals surface area (Å²) >= 11 is 3.40. The first kappa shape index (κ1) is 21.0. The minimum Gasteiger partial charge on any atom is -0.353 e. The number of amides is 1. The van der Waals surface area contributed by atoms with Crippen molar-refractivity contribution in [1.29, 1.82) is 0 Å². The van der Waals surface area contributed by atoms with Gasteiger partial charge in [-0.15, -0.1) is 0 Å². The highest BCUT2D eigenvalue weighted by Gasteiger charge is 2.30. The lowest BCUT2D eigenvalue weighted by Gasteiger charge is -2.31. The zero-order chi connectivity index (χ0) is 20.1. The van der Waals surface area contributed by atoms with Crippen molar-refractivity contribution in [3.8, 4) is 0 Å². The number of nitrogens with one attached hydrogen (secondary N) is 1. The lowest BCUT2D eigenvalue weighted by Crippen LogP contribution is -2.46. The minimum atomic E-state index is -3.50. The normalized spacial score (nSPS) is 16.1. The van der Waals surface area contributed by atoms with Crippen LogP contribution in [0.3, 0.4) is 0 Å². The Kier molecular flexibility index (Phi) is 6.91. The number of hydrogen-bond acceptors (Lipinski definition) is 3. The van der Waals surface area contributed by atoms with Crippen LogP contribution in [0.5, 0.6) is 0 Å². The Hall–Kier alpha value is -1.70. The summed E-state index contributed by atoms with van der Waals surface area (Å²) in [6, 6.07) is 15.0. The number of hydrogen-bond donors (Lipinski definition) is 1. The highest BCUT2D eigenvalue weighted by Crippen LogP contribution is 2.25. The molecule has 1 amide bonds. The first-order valence-electron chi connectivity index (χ1n) is 9.46. The summed E-state index contributed by atoms with van der Waals surface area (Å²) in [5.41, 5.74) is 2.03. The number of benzene rings is 2. The lowest BCUT2D eigenvalue weighted by atomic mass is 10.1. The fourth-order valence-corrected chi connectivity index (χ4v) is 5.17. The predicted molar refractivity (Wildman–Crippen MR) is 114 cm³/mol. The number of carbonyl (C=O) groups excluding carboxylic acids is 1. The van der Waals surface area contributed by atoms with E-state index in [-0.39, 0.29) is 11.9 Å². The van der Waals surface area contributed by atoms with E-state index < -0.39 is 10.0 Å². The molecular formula is C21H25BrN2O3S. The van der Waals surface area contributed by atoms with E-state index >= 15 is 0 Å². The Morgan fingerprint density at radius 2 is 1.82 bits per heavy atom. The Bertz CT molecular complexity index is 924. The largest absolute Gasteiger partial charge is 0.353 e. The second-order valence-electron chi connectivity index (χ2n) is 7.14. The van der Waals surface area contributed by atoms with Crippen molar-refractivity contribution in [1.82, 2.24) is 9.62 Å². The van der Waals surface area contributed by atoms with E-state index in [9.17, 15) is 13.2 Å². The van der Waals surface area contributed by atoms with E-state index in [1.165, 1.54) is 4.31 Å². The van der Waals surface area contributed by atoms with Gasteiger partial charge in [0.15, 0.2) is 0 Å². The molecule has 0 atom stereocenters. The number of halogens is 1. The zero-order valence-electron chi connectivity index (χ0n) is 15.9. The molecule has 28 heavy (non-hydrogen) atoms. The van der Waals surface area contributed by atoms with Crippen molar-refractivity contribution >= 4 is 31.9 Å². The summed E-state index contributed by atoms with van der Waals surface area (Å²) in [6.45, 7) is 2.71. The third kappa shape index (κ3) is 5.21. The second-order valence-corrected chi connectivity index (χ2v) is 9.93. The maximum absolute atomic E-state index is 12.9. The number of nitrogens with zero attached hydrogens (tertiary/aromatic N) is 1. The Morgan fingerprint density at radius 3 is 2.46 bits per heavy atom. The van der Waals surface area contributed by atoms with Crippen LogP contribution in [-0.4, -0.2) is 37.8 Å². The van der Waals surface area contributed by atoms with Crippen molar-refractivity contribution in [3.05, 3.63) is 64.1 Å². The number of aryl methyl sites for hydroxylation is 2. The molecule has 7 heteroatoms. The average Bonchev–Trinajstić information content (AvgIpc) is 2.69. The lowest BCUT2D eigenvalue weighted by molar-refractivity contribution is -0.122. The summed E-state index contributed by atoms with van der Waals surface area (Å²) in [4.78, 5) is 12.5. The fourth-order valence-electron chi connectivity index (χ4n) is 3.37. The van der Waals surface area contributed by atoms with Crippen LogP contribution in [0.1, 0.15) is 30.4 Å². The fraction of sp³-hybridized carbons (Fsp3) is 0.381. The standard InChI is InChI=1S/C21H25BrN2O3S/c1-16-15-19(8-9-20(16)22)28(26,27)24-13-11-18(12-14-24)23-21(25)10-7-17-5-3-2-4-6-17/h2-6,8-9,15,18H,7,10-14H2,1H3,(H,23,25). The summed E-state index contributed by atoms with van der Waals surface area (Å²) in [6.07, 6.45) is 2.42. The summed E-state index contributed by atoms with van der Waals surface area (Å²) in [5, 5.41) is 3.05. The van der Waals surface area contributed by atoms with Crippen LogP contribution in [0.15, 0.2) is 57.9 Å². The molecule has 1 aliphatic heterocycles. The molecule has 1 aliphatic rings. The predicted octanol–water partition coefficient (Wildman–Crippen LogP) is 3.66. The molecule has 0 radical (unpaired) electrons. The van der Waals surface area contributed by atoms with Crippen LogP contribution in [0.2, 0.25) is 0 Å². The molecule has 0 bridgehead atoms. The van der Waals surface area contributed by atoms with Gasteiger partial charge < -0.3 is 5.32 Å². The van der Waals surface area contributed by atoms with Gasteiger partial charge in [0.05, 0.1) is 4.90 Å². The zero-order valence-corrected chi connectivity index (χ0v) is 18.3. The molecule has 2 aromatic rings. The van der Waals surface area contributed by atoms with E-state index in [4.69, 9.17) is 0 Å². The van der Waals surface area contributed by atoms with Gasteiger partial charge >= 0.3 is 0 Å². The Labute approximate surface area is 175 Å². The molecule has 150 valence electrons. The second kappa shape index (κ2) is 9.20. The monoisotopic (exact) mass is 464 g/mol. The Morgan fingerprint density at radius 1 is 1.14 bits per heavy atom. The topological polar surface area (TPSA) is 66.5 Å². The molecule has 2 aromatic carbocycles. The van der Waals surface area contributed by atoms with Crippen LogP contribution in [0, 0.1) is 6.92 Å². The highest BCUT2D eigenvalue weighted by atomic mass is 79.9. The number of rotatable bonds is 6.